The summed E-state index contributed by atoms with van der Waals surface area (Å²) in [6, 6.07) is 3.58. The number of nitriles is 1. The molecule has 0 aromatic carbocycles. The number of nitrogens with zero attached hydrogens (tertiary/aromatic N) is 4. The SMILES string of the molecule is N#Cc1cc2cnc(N)nc2n(C2CCCC2)c1=O. The lowest BCUT2D eigenvalue weighted by Gasteiger charge is -2.16. The van der Waals surface area contributed by atoms with E-state index in [0.29, 0.717) is 11.0 Å². The molecule has 1 fully saturated rings. The number of rotatable bonds is 1. The van der Waals surface area contributed by atoms with E-state index in [1.165, 1.54) is 6.07 Å². The third kappa shape index (κ3) is 1.83. The minimum atomic E-state index is -0.278. The lowest BCUT2D eigenvalue weighted by atomic mass is 10.2. The van der Waals surface area contributed by atoms with Crippen LogP contribution in [0.1, 0.15) is 37.3 Å². The summed E-state index contributed by atoms with van der Waals surface area (Å²) in [5.41, 5.74) is 5.99. The number of hydrogen-bond donors (Lipinski definition) is 1. The van der Waals surface area contributed by atoms with Gasteiger partial charge in [-0.25, -0.2) is 4.98 Å². The molecule has 0 unspecified atom stereocenters. The Hall–Kier alpha value is -2.42. The van der Waals surface area contributed by atoms with Crippen molar-refractivity contribution in [3.05, 3.63) is 28.2 Å². The molecule has 0 saturated heterocycles. The summed E-state index contributed by atoms with van der Waals surface area (Å²) in [5, 5.41) is 9.75. The quantitative estimate of drug-likeness (QED) is 0.829. The smallest absolute Gasteiger partial charge is 0.270 e. The number of pyridine rings is 1. The van der Waals surface area contributed by atoms with E-state index in [1.807, 2.05) is 6.07 Å². The highest BCUT2D eigenvalue weighted by Crippen LogP contribution is 2.30. The van der Waals surface area contributed by atoms with Crippen LogP contribution in [0.5, 0.6) is 0 Å². The maximum absolute atomic E-state index is 12.4. The summed E-state index contributed by atoms with van der Waals surface area (Å²) < 4.78 is 1.62. The lowest BCUT2D eigenvalue weighted by Crippen LogP contribution is -2.26. The standard InChI is InChI=1S/C13H13N5O/c14-6-8-5-9-7-16-13(15)17-11(9)18(12(8)19)10-3-1-2-4-10/h5,7,10H,1-4H2,(H2,15,16,17). The minimum Gasteiger partial charge on any atom is -0.368 e. The molecule has 96 valence electrons. The first-order chi connectivity index (χ1) is 9.20. The van der Waals surface area contributed by atoms with E-state index in [1.54, 1.807) is 10.8 Å². The van der Waals surface area contributed by atoms with Crippen LogP contribution >= 0.6 is 0 Å². The second-order valence-electron chi connectivity index (χ2n) is 4.79. The molecule has 19 heavy (non-hydrogen) atoms. The average molecular weight is 255 g/mol. The molecule has 2 heterocycles. The second kappa shape index (κ2) is 4.35. The van der Waals surface area contributed by atoms with Gasteiger partial charge in [0, 0.05) is 17.6 Å². The molecule has 0 radical (unpaired) electrons. The summed E-state index contributed by atoms with van der Waals surface area (Å²) in [5.74, 6) is 0.142. The number of nitrogens with two attached hydrogens (primary N) is 1. The molecule has 1 aliphatic rings. The summed E-state index contributed by atoms with van der Waals surface area (Å²) in [6.45, 7) is 0. The van der Waals surface area contributed by atoms with Crippen LogP contribution in [0.4, 0.5) is 5.95 Å². The van der Waals surface area contributed by atoms with Gasteiger partial charge >= 0.3 is 0 Å². The Morgan fingerprint density at radius 3 is 2.84 bits per heavy atom. The van der Waals surface area contributed by atoms with E-state index >= 15 is 0 Å². The van der Waals surface area contributed by atoms with E-state index in [-0.39, 0.29) is 23.1 Å². The zero-order chi connectivity index (χ0) is 13.4. The van der Waals surface area contributed by atoms with E-state index in [0.717, 1.165) is 25.7 Å². The molecule has 3 rings (SSSR count). The maximum Gasteiger partial charge on any atom is 0.270 e. The van der Waals surface area contributed by atoms with E-state index in [4.69, 9.17) is 11.0 Å². The predicted molar refractivity (Wildman–Crippen MR) is 70.4 cm³/mol. The Kier molecular flexibility index (Phi) is 2.67. The van der Waals surface area contributed by atoms with Gasteiger partial charge in [0.2, 0.25) is 5.95 Å². The zero-order valence-electron chi connectivity index (χ0n) is 10.3. The first kappa shape index (κ1) is 11.7. The van der Waals surface area contributed by atoms with Gasteiger partial charge < -0.3 is 5.73 Å². The summed E-state index contributed by atoms with van der Waals surface area (Å²) in [4.78, 5) is 20.5. The van der Waals surface area contributed by atoms with Gasteiger partial charge in [-0.05, 0) is 18.9 Å². The van der Waals surface area contributed by atoms with Gasteiger partial charge in [0.15, 0.2) is 0 Å². The van der Waals surface area contributed by atoms with Crippen LogP contribution in [-0.4, -0.2) is 14.5 Å². The summed E-state index contributed by atoms with van der Waals surface area (Å²) in [6.07, 6.45) is 5.62. The number of hydrogen-bond acceptors (Lipinski definition) is 5. The Bertz CT molecular complexity index is 737. The van der Waals surface area contributed by atoms with Gasteiger partial charge in [-0.3, -0.25) is 9.36 Å². The van der Waals surface area contributed by atoms with Crippen molar-refractivity contribution >= 4 is 17.0 Å². The third-order valence-electron chi connectivity index (χ3n) is 3.60. The van der Waals surface area contributed by atoms with E-state index in [2.05, 4.69) is 9.97 Å². The number of anilines is 1. The van der Waals surface area contributed by atoms with Crippen molar-refractivity contribution in [1.82, 2.24) is 14.5 Å². The molecule has 2 N–H and O–H groups in total. The molecule has 2 aromatic rings. The molecular weight excluding hydrogens is 242 g/mol. The first-order valence-corrected chi connectivity index (χ1v) is 6.28. The molecule has 0 amide bonds. The molecule has 0 spiro atoms. The zero-order valence-corrected chi connectivity index (χ0v) is 10.3. The lowest BCUT2D eigenvalue weighted by molar-refractivity contribution is 0.515. The van der Waals surface area contributed by atoms with Gasteiger partial charge in [0.25, 0.3) is 5.56 Å². The van der Waals surface area contributed by atoms with E-state index in [9.17, 15) is 4.79 Å². The van der Waals surface area contributed by atoms with Gasteiger partial charge in [0.05, 0.1) is 0 Å². The molecule has 1 saturated carbocycles. The van der Waals surface area contributed by atoms with Crippen LogP contribution < -0.4 is 11.3 Å². The van der Waals surface area contributed by atoms with Crippen LogP contribution in [0.15, 0.2) is 17.1 Å². The fourth-order valence-electron chi connectivity index (χ4n) is 2.71. The molecule has 1 aliphatic carbocycles. The molecule has 0 aliphatic heterocycles. The maximum atomic E-state index is 12.4. The Balaban J connectivity index is 2.37. The Labute approximate surface area is 109 Å². The fraction of sp³-hybridized carbons (Fsp3) is 0.385. The highest BCUT2D eigenvalue weighted by molar-refractivity contribution is 5.76. The van der Waals surface area contributed by atoms with Crippen molar-refractivity contribution in [2.45, 2.75) is 31.7 Å². The monoisotopic (exact) mass is 255 g/mol. The van der Waals surface area contributed by atoms with Crippen molar-refractivity contribution in [2.24, 2.45) is 0 Å². The molecule has 0 bridgehead atoms. The minimum absolute atomic E-state index is 0.109. The van der Waals surface area contributed by atoms with Gasteiger partial charge in [-0.2, -0.15) is 10.2 Å². The number of fused-ring (bicyclic) bond motifs is 1. The van der Waals surface area contributed by atoms with E-state index < -0.39 is 0 Å². The van der Waals surface area contributed by atoms with Crippen LogP contribution in [0.3, 0.4) is 0 Å². The van der Waals surface area contributed by atoms with Crippen LogP contribution in [0, 0.1) is 11.3 Å². The number of aromatic nitrogens is 3. The highest BCUT2D eigenvalue weighted by atomic mass is 16.1. The predicted octanol–water partition coefficient (Wildman–Crippen LogP) is 1.36. The topological polar surface area (TPSA) is 97.6 Å². The largest absolute Gasteiger partial charge is 0.368 e. The molecule has 6 nitrogen and oxygen atoms in total. The average Bonchev–Trinajstić information content (AvgIpc) is 2.91. The third-order valence-corrected chi connectivity index (χ3v) is 3.60. The molecule has 0 atom stereocenters. The molecular formula is C13H13N5O. The Morgan fingerprint density at radius 2 is 2.16 bits per heavy atom. The van der Waals surface area contributed by atoms with Crippen molar-refractivity contribution in [1.29, 1.82) is 5.26 Å². The van der Waals surface area contributed by atoms with Crippen LogP contribution in [0.25, 0.3) is 11.0 Å². The molecule has 2 aromatic heterocycles. The second-order valence-corrected chi connectivity index (χ2v) is 4.79. The van der Waals surface area contributed by atoms with Crippen LogP contribution in [0.2, 0.25) is 0 Å². The number of nitrogen functional groups attached to an aromatic ring is 1. The van der Waals surface area contributed by atoms with Crippen LogP contribution in [-0.2, 0) is 0 Å². The molecule has 6 heteroatoms. The van der Waals surface area contributed by atoms with Crippen molar-refractivity contribution < 1.29 is 0 Å². The van der Waals surface area contributed by atoms with Crippen molar-refractivity contribution in [3.63, 3.8) is 0 Å². The summed E-state index contributed by atoms with van der Waals surface area (Å²) in [7, 11) is 0. The van der Waals surface area contributed by atoms with Crippen molar-refractivity contribution in [2.75, 3.05) is 5.73 Å². The van der Waals surface area contributed by atoms with Gasteiger partial charge in [-0.15, -0.1) is 0 Å². The first-order valence-electron chi connectivity index (χ1n) is 6.28. The fourth-order valence-corrected chi connectivity index (χ4v) is 2.71. The van der Waals surface area contributed by atoms with Gasteiger partial charge in [0.1, 0.15) is 17.3 Å². The normalized spacial score (nSPS) is 15.7. The van der Waals surface area contributed by atoms with Gasteiger partial charge in [-0.1, -0.05) is 12.8 Å². The van der Waals surface area contributed by atoms with Crippen molar-refractivity contribution in [3.8, 4) is 6.07 Å². The Morgan fingerprint density at radius 1 is 1.42 bits per heavy atom. The summed E-state index contributed by atoms with van der Waals surface area (Å²) >= 11 is 0. The highest BCUT2D eigenvalue weighted by Gasteiger charge is 2.22.